The summed E-state index contributed by atoms with van der Waals surface area (Å²) in [5.41, 5.74) is 5.16. The fourth-order valence-electron chi connectivity index (χ4n) is 2.33. The molecule has 0 fully saturated rings. The zero-order valence-electron chi connectivity index (χ0n) is 12.4. The Morgan fingerprint density at radius 1 is 1.24 bits per heavy atom. The highest BCUT2D eigenvalue weighted by atomic mass is 79.9. The molecule has 0 aliphatic carbocycles. The Morgan fingerprint density at radius 3 is 2.57 bits per heavy atom. The van der Waals surface area contributed by atoms with Gasteiger partial charge in [-0.2, -0.15) is 0 Å². The molecule has 0 amide bonds. The summed E-state index contributed by atoms with van der Waals surface area (Å²) >= 11 is 3.55. The molecule has 0 bridgehead atoms. The van der Waals surface area contributed by atoms with Gasteiger partial charge in [-0.15, -0.1) is 0 Å². The largest absolute Gasteiger partial charge is 0.506 e. The number of aryl methyl sites for hydroxylation is 3. The van der Waals surface area contributed by atoms with Crippen molar-refractivity contribution in [2.75, 3.05) is 5.32 Å². The number of nitrogens with one attached hydrogen (secondary N) is 1. The molecule has 0 atom stereocenters. The number of pyridine rings is 1. The normalized spacial score (nSPS) is 10.7. The van der Waals surface area contributed by atoms with Crippen LogP contribution in [0.25, 0.3) is 0 Å². The van der Waals surface area contributed by atoms with Crippen molar-refractivity contribution in [2.45, 2.75) is 33.9 Å². The summed E-state index contributed by atoms with van der Waals surface area (Å²) in [6.07, 6.45) is 1.60. The number of rotatable bonds is 4. The van der Waals surface area contributed by atoms with Crippen LogP contribution >= 0.6 is 15.9 Å². The van der Waals surface area contributed by atoms with Gasteiger partial charge in [0.1, 0.15) is 5.75 Å². The summed E-state index contributed by atoms with van der Waals surface area (Å²) < 4.78 is 0.982. The van der Waals surface area contributed by atoms with Gasteiger partial charge in [0.25, 0.3) is 0 Å². The van der Waals surface area contributed by atoms with E-state index in [2.05, 4.69) is 32.3 Å². The van der Waals surface area contributed by atoms with Gasteiger partial charge < -0.3 is 15.5 Å². The van der Waals surface area contributed by atoms with Crippen LogP contribution in [0.2, 0.25) is 0 Å². The van der Waals surface area contributed by atoms with Gasteiger partial charge in [0.2, 0.25) is 0 Å². The van der Waals surface area contributed by atoms with Gasteiger partial charge in [0.15, 0.2) is 0 Å². The van der Waals surface area contributed by atoms with Crippen LogP contribution < -0.4 is 5.32 Å². The summed E-state index contributed by atoms with van der Waals surface area (Å²) in [5.74, 6) is 0.134. The van der Waals surface area contributed by atoms with Crippen molar-refractivity contribution in [2.24, 2.45) is 0 Å². The second kappa shape index (κ2) is 6.45. The van der Waals surface area contributed by atoms with Gasteiger partial charge in [-0.3, -0.25) is 4.98 Å². The second-order valence-corrected chi connectivity index (χ2v) is 6.00. The van der Waals surface area contributed by atoms with Crippen molar-refractivity contribution in [1.82, 2.24) is 4.98 Å². The van der Waals surface area contributed by atoms with E-state index < -0.39 is 0 Å². The molecule has 3 N–H and O–H groups in total. The fraction of sp³-hybridized carbons (Fsp3) is 0.312. The van der Waals surface area contributed by atoms with Crippen molar-refractivity contribution in [3.05, 3.63) is 50.8 Å². The molecular formula is C16H19BrN2O2. The number of aromatic nitrogens is 1. The minimum Gasteiger partial charge on any atom is -0.506 e. The van der Waals surface area contributed by atoms with E-state index in [0.29, 0.717) is 23.4 Å². The molecule has 21 heavy (non-hydrogen) atoms. The van der Waals surface area contributed by atoms with Crippen LogP contribution in [0.5, 0.6) is 5.75 Å². The second-order valence-electron chi connectivity index (χ2n) is 5.15. The Labute approximate surface area is 133 Å². The molecule has 0 aliphatic rings. The molecule has 4 nitrogen and oxygen atoms in total. The van der Waals surface area contributed by atoms with Crippen LogP contribution in [0, 0.1) is 20.8 Å². The summed E-state index contributed by atoms with van der Waals surface area (Å²) in [6.45, 7) is 6.10. The van der Waals surface area contributed by atoms with E-state index in [1.807, 2.05) is 19.9 Å². The Hall–Kier alpha value is -1.59. The first kappa shape index (κ1) is 15.8. The first-order valence-electron chi connectivity index (χ1n) is 6.71. The first-order chi connectivity index (χ1) is 9.93. The maximum absolute atomic E-state index is 10.1. The van der Waals surface area contributed by atoms with Crippen LogP contribution in [-0.2, 0) is 13.2 Å². The smallest absolute Gasteiger partial charge is 0.142 e. The molecule has 5 heteroatoms. The summed E-state index contributed by atoms with van der Waals surface area (Å²) in [6, 6.07) is 4.14. The van der Waals surface area contributed by atoms with E-state index >= 15 is 0 Å². The zero-order valence-corrected chi connectivity index (χ0v) is 14.0. The van der Waals surface area contributed by atoms with E-state index in [4.69, 9.17) is 0 Å². The standard InChI is InChI=1S/C16H19BrN2O2/c1-9-4-10(2)15(14(17)5-9)19-7-13-12(8-20)6-18-11(3)16(13)21/h4-6,19-21H,7-8H2,1-3H3. The van der Waals surface area contributed by atoms with Gasteiger partial charge in [0.05, 0.1) is 18.0 Å². The average molecular weight is 351 g/mol. The van der Waals surface area contributed by atoms with Crippen molar-refractivity contribution < 1.29 is 10.2 Å². The van der Waals surface area contributed by atoms with Gasteiger partial charge >= 0.3 is 0 Å². The Balaban J connectivity index is 2.31. The maximum Gasteiger partial charge on any atom is 0.142 e. The lowest BCUT2D eigenvalue weighted by Crippen LogP contribution is -2.07. The summed E-state index contributed by atoms with van der Waals surface area (Å²) in [4.78, 5) is 4.06. The van der Waals surface area contributed by atoms with Crippen LogP contribution in [0.3, 0.4) is 0 Å². The Kier molecular flexibility index (Phi) is 4.85. The minimum atomic E-state index is -0.147. The molecule has 112 valence electrons. The average Bonchev–Trinajstić information content (AvgIpc) is 2.42. The predicted octanol–water partition coefficient (Wildman–Crippen LogP) is 3.58. The molecule has 0 radical (unpaired) electrons. The highest BCUT2D eigenvalue weighted by molar-refractivity contribution is 9.10. The third-order valence-corrected chi connectivity index (χ3v) is 4.10. The van der Waals surface area contributed by atoms with Crippen molar-refractivity contribution in [1.29, 1.82) is 0 Å². The Morgan fingerprint density at radius 2 is 1.95 bits per heavy atom. The molecule has 0 saturated carbocycles. The maximum atomic E-state index is 10.1. The van der Waals surface area contributed by atoms with Gasteiger partial charge in [-0.05, 0) is 53.9 Å². The quantitative estimate of drug-likeness (QED) is 0.788. The lowest BCUT2D eigenvalue weighted by atomic mass is 10.1. The minimum absolute atomic E-state index is 0.134. The number of nitrogens with zero attached hydrogens (tertiary/aromatic N) is 1. The van der Waals surface area contributed by atoms with Crippen molar-refractivity contribution >= 4 is 21.6 Å². The zero-order chi connectivity index (χ0) is 15.6. The molecule has 0 aliphatic heterocycles. The molecule has 1 heterocycles. The molecule has 0 spiro atoms. The van der Waals surface area contributed by atoms with E-state index in [9.17, 15) is 10.2 Å². The van der Waals surface area contributed by atoms with Crippen molar-refractivity contribution in [3.8, 4) is 5.75 Å². The van der Waals surface area contributed by atoms with E-state index in [1.54, 1.807) is 13.1 Å². The van der Waals surface area contributed by atoms with Gasteiger partial charge in [0, 0.05) is 28.3 Å². The molecule has 1 aromatic carbocycles. The number of aromatic hydroxyl groups is 1. The first-order valence-corrected chi connectivity index (χ1v) is 7.51. The molecule has 2 rings (SSSR count). The van der Waals surface area contributed by atoms with E-state index in [-0.39, 0.29) is 12.4 Å². The van der Waals surface area contributed by atoms with Crippen molar-refractivity contribution in [3.63, 3.8) is 0 Å². The number of halogens is 1. The number of hydrogen-bond donors (Lipinski definition) is 3. The Bertz CT molecular complexity index is 649. The summed E-state index contributed by atoms with van der Waals surface area (Å²) in [5, 5.41) is 22.9. The third-order valence-electron chi connectivity index (χ3n) is 3.47. The summed E-state index contributed by atoms with van der Waals surface area (Å²) in [7, 11) is 0. The monoisotopic (exact) mass is 350 g/mol. The third kappa shape index (κ3) is 3.36. The predicted molar refractivity (Wildman–Crippen MR) is 87.5 cm³/mol. The number of hydrogen-bond acceptors (Lipinski definition) is 4. The van der Waals surface area contributed by atoms with Crippen LogP contribution in [0.4, 0.5) is 5.69 Å². The molecule has 0 saturated heterocycles. The number of benzene rings is 1. The number of anilines is 1. The highest BCUT2D eigenvalue weighted by Gasteiger charge is 2.12. The fourth-order valence-corrected chi connectivity index (χ4v) is 3.15. The van der Waals surface area contributed by atoms with Crippen LogP contribution in [-0.4, -0.2) is 15.2 Å². The van der Waals surface area contributed by atoms with Gasteiger partial charge in [-0.1, -0.05) is 6.07 Å². The lowest BCUT2D eigenvalue weighted by molar-refractivity contribution is 0.279. The molecule has 2 aromatic rings. The number of aliphatic hydroxyl groups is 1. The molecule has 1 aromatic heterocycles. The lowest BCUT2D eigenvalue weighted by Gasteiger charge is -2.16. The van der Waals surface area contributed by atoms with E-state index in [0.717, 1.165) is 15.7 Å². The van der Waals surface area contributed by atoms with Gasteiger partial charge in [-0.25, -0.2) is 0 Å². The van der Waals surface area contributed by atoms with Crippen LogP contribution in [0.15, 0.2) is 22.8 Å². The topological polar surface area (TPSA) is 65.4 Å². The highest BCUT2D eigenvalue weighted by Crippen LogP contribution is 2.30. The molecule has 0 unspecified atom stereocenters. The number of aliphatic hydroxyl groups excluding tert-OH is 1. The molecular weight excluding hydrogens is 332 g/mol. The van der Waals surface area contributed by atoms with Crippen LogP contribution in [0.1, 0.15) is 27.9 Å². The SMILES string of the molecule is Cc1cc(C)c(NCc2c(CO)cnc(C)c2O)c(Br)c1. The van der Waals surface area contributed by atoms with E-state index in [1.165, 1.54) is 5.56 Å².